The van der Waals surface area contributed by atoms with Crippen LogP contribution in [0, 0.1) is 0 Å². The molecule has 8 heteroatoms. The number of anilines is 1. The second-order valence-electron chi connectivity index (χ2n) is 5.73. The van der Waals surface area contributed by atoms with Gasteiger partial charge >= 0.3 is 0 Å². The quantitative estimate of drug-likeness (QED) is 0.434. The molecule has 136 valence electrons. The van der Waals surface area contributed by atoms with Gasteiger partial charge in [-0.1, -0.05) is 72.5 Å². The molecule has 0 aliphatic carbocycles. The van der Waals surface area contributed by atoms with Gasteiger partial charge in [0, 0.05) is 5.56 Å². The van der Waals surface area contributed by atoms with E-state index in [-0.39, 0.29) is 11.2 Å². The number of thioether (sulfide) groups is 1. The minimum absolute atomic E-state index is 0.0717. The van der Waals surface area contributed by atoms with E-state index in [1.165, 1.54) is 23.1 Å². The highest BCUT2D eigenvalue weighted by atomic mass is 32.2. The molecule has 0 saturated heterocycles. The van der Waals surface area contributed by atoms with E-state index in [0.29, 0.717) is 11.6 Å². The smallest absolute Gasteiger partial charge is 0.239 e. The van der Waals surface area contributed by atoms with E-state index in [2.05, 4.69) is 20.5 Å². The predicted octanol–water partition coefficient (Wildman–Crippen LogP) is 5.32. The van der Waals surface area contributed by atoms with Crippen molar-refractivity contribution in [3.8, 4) is 10.6 Å². The van der Waals surface area contributed by atoms with Gasteiger partial charge in [0.1, 0.15) is 5.01 Å². The standard InChI is InChI=1S/C19H16N4OS3/c1-2-14(25-19-20-13-10-6-7-11-15(13)26-19)16(24)21-18-23-22-17(27-18)12-8-4-3-5-9-12/h3-11,14H,2H2,1H3,(H,21,23,24). The molecule has 1 amide bonds. The first-order valence-electron chi connectivity index (χ1n) is 8.45. The summed E-state index contributed by atoms with van der Waals surface area (Å²) >= 11 is 4.49. The molecule has 0 aliphatic rings. The van der Waals surface area contributed by atoms with Crippen LogP contribution < -0.4 is 5.32 Å². The zero-order valence-corrected chi connectivity index (χ0v) is 16.9. The molecule has 1 unspecified atom stereocenters. The summed E-state index contributed by atoms with van der Waals surface area (Å²) in [6.45, 7) is 2.00. The van der Waals surface area contributed by atoms with Crippen molar-refractivity contribution in [2.45, 2.75) is 22.9 Å². The molecule has 4 aromatic rings. The Morgan fingerprint density at radius 1 is 1.07 bits per heavy atom. The third-order valence-electron chi connectivity index (χ3n) is 3.86. The van der Waals surface area contributed by atoms with Crippen LogP contribution in [0.25, 0.3) is 20.8 Å². The number of thiazole rings is 1. The lowest BCUT2D eigenvalue weighted by molar-refractivity contribution is -0.115. The van der Waals surface area contributed by atoms with Crippen LogP contribution in [0.15, 0.2) is 58.9 Å². The molecule has 0 fully saturated rings. The number of fused-ring (bicyclic) bond motifs is 1. The Kier molecular flexibility index (Phi) is 5.47. The minimum atomic E-state index is -0.227. The number of hydrogen-bond acceptors (Lipinski definition) is 7. The summed E-state index contributed by atoms with van der Waals surface area (Å²) < 4.78 is 2.03. The fourth-order valence-corrected chi connectivity index (χ4v) is 5.49. The van der Waals surface area contributed by atoms with Crippen LogP contribution in [0.1, 0.15) is 13.3 Å². The Labute approximate surface area is 168 Å². The third-order valence-corrected chi connectivity index (χ3v) is 7.24. The van der Waals surface area contributed by atoms with Gasteiger partial charge in [-0.2, -0.15) is 0 Å². The number of carbonyl (C=O) groups excluding carboxylic acids is 1. The monoisotopic (exact) mass is 412 g/mol. The molecule has 0 saturated carbocycles. The van der Waals surface area contributed by atoms with Crippen molar-refractivity contribution in [2.75, 3.05) is 5.32 Å². The van der Waals surface area contributed by atoms with Crippen LogP contribution >= 0.6 is 34.4 Å². The van der Waals surface area contributed by atoms with Gasteiger partial charge in [0.2, 0.25) is 11.0 Å². The van der Waals surface area contributed by atoms with Gasteiger partial charge in [-0.3, -0.25) is 10.1 Å². The topological polar surface area (TPSA) is 67.8 Å². The second kappa shape index (κ2) is 8.16. The molecule has 5 nitrogen and oxygen atoms in total. The van der Waals surface area contributed by atoms with E-state index in [4.69, 9.17) is 0 Å². The van der Waals surface area contributed by atoms with Crippen LogP contribution in [0.4, 0.5) is 5.13 Å². The van der Waals surface area contributed by atoms with Crippen molar-refractivity contribution in [3.05, 3.63) is 54.6 Å². The van der Waals surface area contributed by atoms with E-state index in [1.807, 2.05) is 61.5 Å². The largest absolute Gasteiger partial charge is 0.300 e. The van der Waals surface area contributed by atoms with Crippen LogP contribution in [0.5, 0.6) is 0 Å². The Morgan fingerprint density at radius 2 is 1.85 bits per heavy atom. The molecule has 0 aliphatic heterocycles. The predicted molar refractivity (Wildman–Crippen MR) is 114 cm³/mol. The Balaban J connectivity index is 1.45. The number of amides is 1. The molecule has 1 N–H and O–H groups in total. The summed E-state index contributed by atoms with van der Waals surface area (Å²) in [6, 6.07) is 17.8. The van der Waals surface area contributed by atoms with Gasteiger partial charge < -0.3 is 0 Å². The van der Waals surface area contributed by atoms with Gasteiger partial charge in [0.15, 0.2) is 4.34 Å². The summed E-state index contributed by atoms with van der Waals surface area (Å²) in [6.07, 6.45) is 0.705. The van der Waals surface area contributed by atoms with Gasteiger partial charge in [-0.05, 0) is 18.6 Å². The molecule has 27 heavy (non-hydrogen) atoms. The van der Waals surface area contributed by atoms with Crippen molar-refractivity contribution in [1.29, 1.82) is 0 Å². The fraction of sp³-hybridized carbons (Fsp3) is 0.158. The van der Waals surface area contributed by atoms with E-state index < -0.39 is 0 Å². The van der Waals surface area contributed by atoms with Gasteiger partial charge in [-0.25, -0.2) is 4.98 Å². The van der Waals surface area contributed by atoms with Crippen molar-refractivity contribution >= 4 is 55.7 Å². The first-order chi connectivity index (χ1) is 13.2. The lowest BCUT2D eigenvalue weighted by Crippen LogP contribution is -2.24. The zero-order valence-electron chi connectivity index (χ0n) is 14.5. The maximum Gasteiger partial charge on any atom is 0.239 e. The number of benzene rings is 2. The number of nitrogens with one attached hydrogen (secondary N) is 1. The number of nitrogens with zero attached hydrogens (tertiary/aromatic N) is 3. The summed E-state index contributed by atoms with van der Waals surface area (Å²) in [7, 11) is 0. The van der Waals surface area contributed by atoms with E-state index >= 15 is 0 Å². The Morgan fingerprint density at radius 3 is 2.63 bits per heavy atom. The normalized spacial score (nSPS) is 12.2. The summed E-state index contributed by atoms with van der Waals surface area (Å²) in [4.78, 5) is 17.3. The van der Waals surface area contributed by atoms with Gasteiger partial charge in [-0.15, -0.1) is 21.5 Å². The highest BCUT2D eigenvalue weighted by molar-refractivity contribution is 8.02. The van der Waals surface area contributed by atoms with Crippen molar-refractivity contribution in [1.82, 2.24) is 15.2 Å². The van der Waals surface area contributed by atoms with E-state index in [0.717, 1.165) is 25.1 Å². The zero-order chi connectivity index (χ0) is 18.6. The average molecular weight is 413 g/mol. The molecule has 2 aromatic heterocycles. The van der Waals surface area contributed by atoms with Gasteiger partial charge in [0.05, 0.1) is 15.5 Å². The van der Waals surface area contributed by atoms with Crippen molar-refractivity contribution in [2.24, 2.45) is 0 Å². The van der Waals surface area contributed by atoms with E-state index in [9.17, 15) is 4.79 Å². The fourth-order valence-electron chi connectivity index (χ4n) is 2.50. The van der Waals surface area contributed by atoms with Crippen LogP contribution in [0.2, 0.25) is 0 Å². The average Bonchev–Trinajstić information content (AvgIpc) is 3.33. The molecule has 0 spiro atoms. The highest BCUT2D eigenvalue weighted by Crippen LogP contribution is 2.34. The summed E-state index contributed by atoms with van der Waals surface area (Å²) in [5.74, 6) is -0.0717. The molecule has 1 atom stereocenters. The lowest BCUT2D eigenvalue weighted by atomic mass is 10.2. The molecule has 4 rings (SSSR count). The van der Waals surface area contributed by atoms with Crippen LogP contribution in [-0.2, 0) is 4.79 Å². The maximum atomic E-state index is 12.7. The Hall–Kier alpha value is -2.29. The number of hydrogen-bond donors (Lipinski definition) is 1. The van der Waals surface area contributed by atoms with Crippen LogP contribution in [0.3, 0.4) is 0 Å². The molecular formula is C19H16N4OS3. The number of carbonyl (C=O) groups is 1. The van der Waals surface area contributed by atoms with Gasteiger partial charge in [0.25, 0.3) is 0 Å². The molecule has 0 radical (unpaired) electrons. The lowest BCUT2D eigenvalue weighted by Gasteiger charge is -2.11. The van der Waals surface area contributed by atoms with Crippen molar-refractivity contribution < 1.29 is 4.79 Å². The Bertz CT molecular complexity index is 1030. The molecule has 0 bridgehead atoms. The second-order valence-corrected chi connectivity index (χ2v) is 9.19. The van der Waals surface area contributed by atoms with E-state index in [1.54, 1.807) is 11.3 Å². The summed E-state index contributed by atoms with van der Waals surface area (Å²) in [5.41, 5.74) is 1.96. The molecular weight excluding hydrogens is 396 g/mol. The SMILES string of the molecule is CCC(Sc1nc2ccccc2s1)C(=O)Nc1nnc(-c2ccccc2)s1. The maximum absolute atomic E-state index is 12.7. The summed E-state index contributed by atoms with van der Waals surface area (Å²) in [5, 5.41) is 12.3. The minimum Gasteiger partial charge on any atom is -0.300 e. The highest BCUT2D eigenvalue weighted by Gasteiger charge is 2.21. The number of aromatic nitrogens is 3. The molecule has 2 aromatic carbocycles. The van der Waals surface area contributed by atoms with Crippen molar-refractivity contribution in [3.63, 3.8) is 0 Å². The number of para-hydroxylation sites is 1. The molecule has 2 heterocycles. The first-order valence-corrected chi connectivity index (χ1v) is 11.0. The first kappa shape index (κ1) is 18.1. The van der Waals surface area contributed by atoms with Crippen LogP contribution in [-0.4, -0.2) is 26.3 Å². The number of rotatable bonds is 6. The third kappa shape index (κ3) is 4.18.